The summed E-state index contributed by atoms with van der Waals surface area (Å²) >= 11 is 0. The first-order valence-electron chi connectivity index (χ1n) is 9.40. The second kappa shape index (κ2) is 8.81. The molecule has 1 aliphatic heterocycles. The van der Waals surface area contributed by atoms with E-state index in [1.54, 1.807) is 0 Å². The summed E-state index contributed by atoms with van der Waals surface area (Å²) in [6.07, 6.45) is 6.16. The highest BCUT2D eigenvalue weighted by atomic mass is 16.5. The van der Waals surface area contributed by atoms with Crippen molar-refractivity contribution in [2.45, 2.75) is 32.7 Å². The summed E-state index contributed by atoms with van der Waals surface area (Å²) in [4.78, 5) is 14.8. The quantitative estimate of drug-likeness (QED) is 0.811. The van der Waals surface area contributed by atoms with Crippen molar-refractivity contribution in [3.05, 3.63) is 54.4 Å². The van der Waals surface area contributed by atoms with Gasteiger partial charge in [0.05, 0.1) is 13.2 Å². The third-order valence-electron chi connectivity index (χ3n) is 4.80. The molecule has 2 aromatic rings. The van der Waals surface area contributed by atoms with Gasteiger partial charge in [-0.3, -0.25) is 4.79 Å². The Kier molecular flexibility index (Phi) is 6.23. The van der Waals surface area contributed by atoms with Crippen molar-refractivity contribution in [1.29, 1.82) is 0 Å². The Labute approximate surface area is 155 Å². The molecule has 138 valence electrons. The van der Waals surface area contributed by atoms with E-state index in [0.29, 0.717) is 0 Å². The van der Waals surface area contributed by atoms with Crippen LogP contribution in [0.2, 0.25) is 0 Å². The standard InChI is InChI=1S/C21H27N3O2/c1-3-4-18-9-11-23(12-10-18)17(2)21(25)22-19-5-7-20(8-6-19)24-13-15-26-16-14-24/h5-12,17H,3-4,13-16H2,1-2H3/p+1/t17-/m1/s1. The van der Waals surface area contributed by atoms with Crippen molar-refractivity contribution < 1.29 is 14.1 Å². The molecule has 3 rings (SSSR count). The van der Waals surface area contributed by atoms with Gasteiger partial charge in [0.15, 0.2) is 12.4 Å². The number of pyridine rings is 1. The maximum Gasteiger partial charge on any atom is 0.293 e. The molecule has 1 saturated heterocycles. The number of aryl methyl sites for hydroxylation is 1. The molecule has 0 spiro atoms. The van der Waals surface area contributed by atoms with Crippen molar-refractivity contribution >= 4 is 17.3 Å². The second-order valence-corrected chi connectivity index (χ2v) is 6.72. The average Bonchev–Trinajstić information content (AvgIpc) is 2.69. The van der Waals surface area contributed by atoms with Gasteiger partial charge in [0.2, 0.25) is 6.04 Å². The van der Waals surface area contributed by atoms with Crippen molar-refractivity contribution in [1.82, 2.24) is 0 Å². The van der Waals surface area contributed by atoms with E-state index in [1.165, 1.54) is 11.3 Å². The molecule has 1 aliphatic rings. The number of hydrogen-bond donors (Lipinski definition) is 1. The maximum absolute atomic E-state index is 12.6. The highest BCUT2D eigenvalue weighted by molar-refractivity contribution is 5.92. The molecule has 1 aromatic heterocycles. The number of aromatic nitrogens is 1. The van der Waals surface area contributed by atoms with Gasteiger partial charge in [-0.2, -0.15) is 4.57 Å². The zero-order chi connectivity index (χ0) is 18.4. The van der Waals surface area contributed by atoms with Gasteiger partial charge in [-0.1, -0.05) is 13.3 Å². The molecule has 1 amide bonds. The number of nitrogens with zero attached hydrogens (tertiary/aromatic N) is 2. The zero-order valence-electron chi connectivity index (χ0n) is 15.6. The summed E-state index contributed by atoms with van der Waals surface area (Å²) in [7, 11) is 0. The van der Waals surface area contributed by atoms with Crippen LogP contribution in [0, 0.1) is 0 Å². The van der Waals surface area contributed by atoms with E-state index < -0.39 is 0 Å². The number of carbonyl (C=O) groups excluding carboxylic acids is 1. The summed E-state index contributed by atoms with van der Waals surface area (Å²) < 4.78 is 7.33. The third kappa shape index (κ3) is 4.61. The van der Waals surface area contributed by atoms with Crippen molar-refractivity contribution in [2.24, 2.45) is 0 Å². The molecule has 0 unspecified atom stereocenters. The fourth-order valence-corrected chi connectivity index (χ4v) is 3.14. The van der Waals surface area contributed by atoms with Gasteiger partial charge in [0.1, 0.15) is 0 Å². The van der Waals surface area contributed by atoms with Gasteiger partial charge in [0, 0.05) is 43.5 Å². The smallest absolute Gasteiger partial charge is 0.293 e. The minimum absolute atomic E-state index is 0.0163. The minimum Gasteiger partial charge on any atom is -0.378 e. The highest BCUT2D eigenvalue weighted by Gasteiger charge is 2.22. The number of hydrogen-bond acceptors (Lipinski definition) is 3. The lowest BCUT2D eigenvalue weighted by molar-refractivity contribution is -0.705. The van der Waals surface area contributed by atoms with Crippen LogP contribution in [0.15, 0.2) is 48.8 Å². The summed E-state index contributed by atoms with van der Waals surface area (Å²) in [5.74, 6) is -0.0163. The van der Waals surface area contributed by atoms with E-state index in [-0.39, 0.29) is 11.9 Å². The largest absolute Gasteiger partial charge is 0.378 e. The predicted octanol–water partition coefficient (Wildman–Crippen LogP) is 2.96. The monoisotopic (exact) mass is 354 g/mol. The van der Waals surface area contributed by atoms with Gasteiger partial charge < -0.3 is 15.0 Å². The van der Waals surface area contributed by atoms with E-state index in [0.717, 1.165) is 44.8 Å². The van der Waals surface area contributed by atoms with E-state index in [1.807, 2.05) is 36.0 Å². The summed E-state index contributed by atoms with van der Waals surface area (Å²) in [6, 6.07) is 11.9. The first-order chi connectivity index (χ1) is 12.7. The number of nitrogens with one attached hydrogen (secondary N) is 1. The molecule has 1 aromatic carbocycles. The molecular formula is C21H28N3O2+. The number of amides is 1. The van der Waals surface area contributed by atoms with Gasteiger partial charge in [-0.05, 0) is 36.2 Å². The van der Waals surface area contributed by atoms with Crippen LogP contribution < -0.4 is 14.8 Å². The summed E-state index contributed by atoms with van der Waals surface area (Å²) in [5, 5.41) is 3.01. The molecule has 1 atom stereocenters. The van der Waals surface area contributed by atoms with Crippen LogP contribution in [0.5, 0.6) is 0 Å². The first-order valence-corrected chi connectivity index (χ1v) is 9.40. The molecular weight excluding hydrogens is 326 g/mol. The average molecular weight is 354 g/mol. The molecule has 1 N–H and O–H groups in total. The van der Waals surface area contributed by atoms with Crippen molar-refractivity contribution in [3.63, 3.8) is 0 Å². The fourth-order valence-electron chi connectivity index (χ4n) is 3.14. The van der Waals surface area contributed by atoms with Crippen LogP contribution >= 0.6 is 0 Å². The molecule has 2 heterocycles. The number of anilines is 2. The maximum atomic E-state index is 12.6. The Balaban J connectivity index is 1.59. The van der Waals surface area contributed by atoms with E-state index in [2.05, 4.69) is 41.4 Å². The van der Waals surface area contributed by atoms with Crippen LogP contribution in [0.3, 0.4) is 0 Å². The molecule has 0 saturated carbocycles. The zero-order valence-corrected chi connectivity index (χ0v) is 15.6. The van der Waals surface area contributed by atoms with E-state index in [9.17, 15) is 4.79 Å². The summed E-state index contributed by atoms with van der Waals surface area (Å²) in [5.41, 5.74) is 3.29. The predicted molar refractivity (Wildman–Crippen MR) is 103 cm³/mol. The van der Waals surface area contributed by atoms with Crippen LogP contribution in [0.25, 0.3) is 0 Å². The Bertz CT molecular complexity index is 707. The number of benzene rings is 1. The number of carbonyl (C=O) groups is 1. The van der Waals surface area contributed by atoms with Gasteiger partial charge in [-0.25, -0.2) is 0 Å². The second-order valence-electron chi connectivity index (χ2n) is 6.72. The molecule has 0 radical (unpaired) electrons. The molecule has 5 nitrogen and oxygen atoms in total. The number of ether oxygens (including phenoxy) is 1. The Morgan fingerprint density at radius 1 is 1.15 bits per heavy atom. The van der Waals surface area contributed by atoms with Crippen LogP contribution in [-0.2, 0) is 16.0 Å². The lowest BCUT2D eigenvalue weighted by Crippen LogP contribution is -2.44. The highest BCUT2D eigenvalue weighted by Crippen LogP contribution is 2.19. The summed E-state index contributed by atoms with van der Waals surface area (Å²) in [6.45, 7) is 7.44. The minimum atomic E-state index is -0.260. The normalized spacial score (nSPS) is 15.5. The van der Waals surface area contributed by atoms with Gasteiger partial charge >= 0.3 is 0 Å². The van der Waals surface area contributed by atoms with E-state index >= 15 is 0 Å². The van der Waals surface area contributed by atoms with Crippen LogP contribution in [0.1, 0.15) is 31.9 Å². The Morgan fingerprint density at radius 3 is 2.42 bits per heavy atom. The van der Waals surface area contributed by atoms with E-state index in [4.69, 9.17) is 4.74 Å². The number of morpholine rings is 1. The lowest BCUT2D eigenvalue weighted by atomic mass is 10.1. The SMILES string of the molecule is CCCc1cc[n+]([C@H](C)C(=O)Nc2ccc(N3CCOCC3)cc2)cc1. The van der Waals surface area contributed by atoms with Crippen LogP contribution in [0.4, 0.5) is 11.4 Å². The number of rotatable bonds is 6. The Morgan fingerprint density at radius 2 is 1.81 bits per heavy atom. The van der Waals surface area contributed by atoms with Gasteiger partial charge in [0.25, 0.3) is 5.91 Å². The fraction of sp³-hybridized carbons (Fsp3) is 0.429. The molecule has 5 heteroatoms. The third-order valence-corrected chi connectivity index (χ3v) is 4.80. The van der Waals surface area contributed by atoms with Crippen molar-refractivity contribution in [2.75, 3.05) is 36.5 Å². The van der Waals surface area contributed by atoms with Crippen LogP contribution in [-0.4, -0.2) is 32.2 Å². The molecule has 26 heavy (non-hydrogen) atoms. The topological polar surface area (TPSA) is 45.5 Å². The first kappa shape index (κ1) is 18.4. The molecule has 0 bridgehead atoms. The molecule has 1 fully saturated rings. The van der Waals surface area contributed by atoms with Crippen molar-refractivity contribution in [3.8, 4) is 0 Å². The Hall–Kier alpha value is -2.40. The van der Waals surface area contributed by atoms with Gasteiger partial charge in [-0.15, -0.1) is 0 Å². The molecule has 0 aliphatic carbocycles. The lowest BCUT2D eigenvalue weighted by Gasteiger charge is -2.28.